The van der Waals surface area contributed by atoms with Crippen LogP contribution in [0.1, 0.15) is 53.9 Å². The van der Waals surface area contributed by atoms with Gasteiger partial charge in [0.25, 0.3) is 0 Å². The smallest absolute Gasteiger partial charge is 0.356 e. The van der Waals surface area contributed by atoms with E-state index < -0.39 is 20.1 Å². The molecule has 0 aromatic heterocycles. The molecule has 0 spiro atoms. The SMILES string of the molecule is CCOP(=O)(OCC)C1(P(=O)(OCC)OCC)C=C2C=C(CCCCSC(C)=O)CNC2=C1. The monoisotopic (exact) mass is 521 g/mol. The normalized spacial score (nSPS) is 17.7. The molecule has 11 heteroatoms. The fourth-order valence-corrected chi connectivity index (χ4v) is 9.89. The van der Waals surface area contributed by atoms with Crippen molar-refractivity contribution >= 4 is 32.1 Å². The number of nitrogens with one attached hydrogen (secondary N) is 1. The quantitative estimate of drug-likeness (QED) is 0.205. The van der Waals surface area contributed by atoms with Gasteiger partial charge >= 0.3 is 15.2 Å². The number of carbonyl (C=O) groups excluding carboxylic acids is 1. The van der Waals surface area contributed by atoms with Gasteiger partial charge in [-0.3, -0.25) is 13.9 Å². The van der Waals surface area contributed by atoms with Crippen LogP contribution in [0.15, 0.2) is 35.1 Å². The van der Waals surface area contributed by atoms with Crippen LogP contribution in [0.4, 0.5) is 0 Å². The maximum Gasteiger partial charge on any atom is 0.356 e. The molecule has 0 aromatic rings. The Balaban J connectivity index is 2.43. The number of rotatable bonds is 15. The van der Waals surface area contributed by atoms with Crippen LogP contribution in [0.2, 0.25) is 0 Å². The Labute approximate surface area is 202 Å². The van der Waals surface area contributed by atoms with Crippen LogP contribution in [0.25, 0.3) is 0 Å². The first-order chi connectivity index (χ1) is 15.7. The summed E-state index contributed by atoms with van der Waals surface area (Å²) in [5.74, 6) is 0.810. The van der Waals surface area contributed by atoms with Crippen LogP contribution in [0.5, 0.6) is 0 Å². The standard InChI is InChI=1S/C22H37NO7P2S/c1-6-27-31(25,28-7-2)22(32(26,29-8-3)30-9-4)15-20-14-19(17-23-21(20)16-22)12-10-11-13-33-18(5)24/h14-16,23H,6-13,17H2,1-5H3. The third kappa shape index (κ3) is 6.52. The van der Waals surface area contributed by atoms with Crippen molar-refractivity contribution in [2.45, 2.75) is 58.8 Å². The molecule has 1 heterocycles. The predicted molar refractivity (Wildman–Crippen MR) is 134 cm³/mol. The van der Waals surface area contributed by atoms with E-state index in [1.807, 2.05) is 6.08 Å². The lowest BCUT2D eigenvalue weighted by molar-refractivity contribution is -0.109. The molecule has 0 unspecified atom stereocenters. The molecule has 0 bridgehead atoms. The van der Waals surface area contributed by atoms with Gasteiger partial charge in [-0.05, 0) is 64.7 Å². The molecule has 188 valence electrons. The molecule has 2 rings (SSSR count). The van der Waals surface area contributed by atoms with Crippen molar-refractivity contribution in [1.29, 1.82) is 0 Å². The van der Waals surface area contributed by atoms with Crippen molar-refractivity contribution in [3.63, 3.8) is 0 Å². The summed E-state index contributed by atoms with van der Waals surface area (Å²) in [6, 6.07) is 0. The van der Waals surface area contributed by atoms with Crippen LogP contribution in [-0.2, 0) is 32.0 Å². The molecule has 1 aliphatic carbocycles. The fourth-order valence-electron chi connectivity index (χ4n) is 3.86. The van der Waals surface area contributed by atoms with Gasteiger partial charge in [-0.2, -0.15) is 0 Å². The molecule has 0 radical (unpaired) electrons. The molecule has 0 fully saturated rings. The van der Waals surface area contributed by atoms with Gasteiger partial charge in [-0.15, -0.1) is 0 Å². The van der Waals surface area contributed by atoms with Crippen molar-refractivity contribution < 1.29 is 32.0 Å². The minimum Gasteiger partial charge on any atom is -0.381 e. The van der Waals surface area contributed by atoms with Crippen molar-refractivity contribution in [1.82, 2.24) is 5.32 Å². The lowest BCUT2D eigenvalue weighted by atomic mass is 10.0. The molecule has 0 amide bonds. The average Bonchev–Trinajstić information content (AvgIpc) is 3.15. The van der Waals surface area contributed by atoms with Crippen molar-refractivity contribution in [3.8, 4) is 0 Å². The zero-order valence-corrected chi connectivity index (χ0v) is 22.9. The van der Waals surface area contributed by atoms with Crippen molar-refractivity contribution in [3.05, 3.63) is 35.1 Å². The second-order valence-electron chi connectivity index (χ2n) is 7.56. The van der Waals surface area contributed by atoms with Crippen molar-refractivity contribution in [2.24, 2.45) is 0 Å². The Hall–Kier alpha value is -0.660. The van der Waals surface area contributed by atoms with E-state index in [1.165, 1.54) is 17.3 Å². The minimum absolute atomic E-state index is 0.121. The van der Waals surface area contributed by atoms with Gasteiger partial charge in [0.05, 0.1) is 26.4 Å². The number of unbranched alkanes of at least 4 members (excludes halogenated alkanes) is 1. The van der Waals surface area contributed by atoms with Crippen LogP contribution < -0.4 is 5.32 Å². The van der Waals surface area contributed by atoms with E-state index >= 15 is 0 Å². The first kappa shape index (κ1) is 28.6. The number of thioether (sulfide) groups is 1. The van der Waals surface area contributed by atoms with E-state index in [9.17, 15) is 13.9 Å². The number of hydrogen-bond acceptors (Lipinski definition) is 9. The Morgan fingerprint density at radius 3 is 2.00 bits per heavy atom. The fraction of sp³-hybridized carbons (Fsp3) is 0.682. The Morgan fingerprint density at radius 2 is 1.52 bits per heavy atom. The second-order valence-corrected chi connectivity index (χ2v) is 13.7. The van der Waals surface area contributed by atoms with Gasteiger partial charge < -0.3 is 23.4 Å². The highest BCUT2D eigenvalue weighted by molar-refractivity contribution is 8.13. The van der Waals surface area contributed by atoms with E-state index in [0.717, 1.165) is 30.6 Å². The summed E-state index contributed by atoms with van der Waals surface area (Å²) in [6.45, 7) is 9.56. The molecule has 0 saturated heterocycles. The van der Waals surface area contributed by atoms with Gasteiger partial charge in [-0.25, -0.2) is 0 Å². The first-order valence-electron chi connectivity index (χ1n) is 11.5. The average molecular weight is 522 g/mol. The summed E-state index contributed by atoms with van der Waals surface area (Å²) in [7, 11) is -7.96. The van der Waals surface area contributed by atoms with E-state index in [0.29, 0.717) is 12.2 Å². The zero-order chi connectivity index (χ0) is 24.5. The molecule has 2 aliphatic rings. The van der Waals surface area contributed by atoms with Crippen LogP contribution in [0, 0.1) is 0 Å². The number of fused-ring (bicyclic) bond motifs is 1. The topological polar surface area (TPSA) is 100 Å². The molecule has 0 aromatic carbocycles. The highest BCUT2D eigenvalue weighted by Crippen LogP contribution is 2.80. The van der Waals surface area contributed by atoms with Gasteiger partial charge in [-0.1, -0.05) is 23.4 Å². The minimum atomic E-state index is -3.98. The van der Waals surface area contributed by atoms with E-state index in [1.54, 1.807) is 46.8 Å². The summed E-state index contributed by atoms with van der Waals surface area (Å²) in [4.78, 5) is 9.40. The van der Waals surface area contributed by atoms with E-state index in [-0.39, 0.29) is 31.5 Å². The third-order valence-electron chi connectivity index (χ3n) is 5.17. The summed E-state index contributed by atoms with van der Waals surface area (Å²) in [5, 5.41) is 3.49. The lowest BCUT2D eigenvalue weighted by Crippen LogP contribution is -2.29. The molecular formula is C22H37NO7P2S. The Morgan fingerprint density at radius 1 is 0.970 bits per heavy atom. The second kappa shape index (κ2) is 12.9. The Kier molecular flexibility index (Phi) is 11.1. The first-order valence-corrected chi connectivity index (χ1v) is 15.6. The highest BCUT2D eigenvalue weighted by atomic mass is 32.2. The zero-order valence-electron chi connectivity index (χ0n) is 20.3. The van der Waals surface area contributed by atoms with Crippen molar-refractivity contribution in [2.75, 3.05) is 38.7 Å². The molecule has 1 aliphatic heterocycles. The molecule has 0 saturated carbocycles. The number of allylic oxidation sites excluding steroid dienone is 3. The van der Waals surface area contributed by atoms with Crippen LogP contribution in [0.3, 0.4) is 0 Å². The lowest BCUT2D eigenvalue weighted by Gasteiger charge is -2.37. The predicted octanol–water partition coefficient (Wildman–Crippen LogP) is 6.02. The van der Waals surface area contributed by atoms with E-state index in [4.69, 9.17) is 18.1 Å². The largest absolute Gasteiger partial charge is 0.381 e. The third-order valence-corrected chi connectivity index (χ3v) is 12.2. The van der Waals surface area contributed by atoms with Gasteiger partial charge in [0.15, 0.2) is 5.12 Å². The Bertz CT molecular complexity index is 834. The summed E-state index contributed by atoms with van der Waals surface area (Å²) < 4.78 is 50.9. The molecule has 8 nitrogen and oxygen atoms in total. The molecule has 33 heavy (non-hydrogen) atoms. The molecule has 0 atom stereocenters. The van der Waals surface area contributed by atoms with Gasteiger partial charge in [0.2, 0.25) is 4.90 Å². The summed E-state index contributed by atoms with van der Waals surface area (Å²) in [6.07, 6.45) is 8.13. The van der Waals surface area contributed by atoms with Gasteiger partial charge in [0, 0.05) is 24.9 Å². The highest BCUT2D eigenvalue weighted by Gasteiger charge is 2.65. The van der Waals surface area contributed by atoms with Crippen LogP contribution >= 0.6 is 27.0 Å². The molecule has 1 N–H and O–H groups in total. The van der Waals surface area contributed by atoms with Gasteiger partial charge in [0.1, 0.15) is 0 Å². The summed E-state index contributed by atoms with van der Waals surface area (Å²) in [5.41, 5.74) is 2.66. The maximum atomic E-state index is 14.1. The van der Waals surface area contributed by atoms with E-state index in [2.05, 4.69) is 5.32 Å². The summed E-state index contributed by atoms with van der Waals surface area (Å²) >= 11 is 1.34. The maximum absolute atomic E-state index is 14.1. The molecular weight excluding hydrogens is 484 g/mol. The number of hydrogen-bond donors (Lipinski definition) is 1. The number of carbonyl (C=O) groups is 1. The van der Waals surface area contributed by atoms with Crippen LogP contribution in [-0.4, -0.2) is 48.7 Å².